The standard InChI is InChI=1S/C27H21N9O9S3/c1-11-7-15(36-26(29-11)32-18(33-36)23(39)40)46-8-13-9-47-22-17(20(38)35(22)21(13)44-27(42)43)31-19(37)16(14-10-48-25(28)30-14)34-45-24(41)12-5-3-2-4-6-12/h2-7,10,17,22H,8-9H2,1H3,(H2,28,30)(H,31,37)(H,39,40)(H,42,43)/b34-16-/t17-,22-/m1/s1. The Balaban J connectivity index is 1.20. The first kappa shape index (κ1) is 32.4. The highest BCUT2D eigenvalue weighted by Gasteiger charge is 2.54. The van der Waals surface area contributed by atoms with Crippen molar-refractivity contribution in [2.75, 3.05) is 17.2 Å². The Morgan fingerprint density at radius 3 is 2.62 bits per heavy atom. The molecule has 0 radical (unpaired) electrons. The zero-order chi connectivity index (χ0) is 34.1. The number of amides is 2. The number of nitrogens with zero attached hydrogens (tertiary/aromatic N) is 7. The van der Waals surface area contributed by atoms with E-state index in [-0.39, 0.29) is 39.6 Å². The maximum absolute atomic E-state index is 13.4. The fourth-order valence-electron chi connectivity index (χ4n) is 4.54. The largest absolute Gasteiger partial charge is 0.512 e. The number of β-lactam (4-membered cyclic amide) rings is 1. The van der Waals surface area contributed by atoms with Crippen LogP contribution in [0.25, 0.3) is 5.78 Å². The quantitative estimate of drug-likeness (QED) is 0.0348. The van der Waals surface area contributed by atoms with Crippen LogP contribution in [-0.2, 0) is 19.2 Å². The molecule has 0 unspecified atom stereocenters. The molecule has 1 saturated heterocycles. The van der Waals surface area contributed by atoms with Gasteiger partial charge in [-0.3, -0.25) is 14.5 Å². The van der Waals surface area contributed by atoms with Crippen molar-refractivity contribution in [2.45, 2.75) is 23.4 Å². The number of nitrogens with one attached hydrogen (secondary N) is 1. The number of hydrogen-bond donors (Lipinski definition) is 4. The number of ether oxygens (including phenoxy) is 1. The van der Waals surface area contributed by atoms with Gasteiger partial charge in [0, 0.05) is 28.2 Å². The highest BCUT2D eigenvalue weighted by molar-refractivity contribution is 8.01. The number of fused-ring (bicyclic) bond motifs is 2. The van der Waals surface area contributed by atoms with Gasteiger partial charge < -0.3 is 30.8 Å². The van der Waals surface area contributed by atoms with Gasteiger partial charge in [0.1, 0.15) is 22.1 Å². The minimum Gasteiger partial charge on any atom is -0.475 e. The fraction of sp³-hybridized carbons (Fsp3) is 0.185. The maximum atomic E-state index is 13.4. The fourth-order valence-corrected chi connectivity index (χ4v) is 7.59. The summed E-state index contributed by atoms with van der Waals surface area (Å²) in [7, 11) is 0. The van der Waals surface area contributed by atoms with E-state index in [1.54, 1.807) is 31.2 Å². The Bertz CT molecular complexity index is 2050. The number of anilines is 1. The first-order chi connectivity index (χ1) is 23.0. The van der Waals surface area contributed by atoms with Crippen molar-refractivity contribution in [3.63, 3.8) is 0 Å². The van der Waals surface area contributed by atoms with E-state index in [1.807, 2.05) is 0 Å². The molecule has 0 aliphatic carbocycles. The number of carbonyl (C=O) groups is 5. The third kappa shape index (κ3) is 6.50. The molecule has 2 atom stereocenters. The second kappa shape index (κ2) is 13.3. The van der Waals surface area contributed by atoms with Crippen molar-refractivity contribution in [2.24, 2.45) is 5.16 Å². The van der Waals surface area contributed by atoms with Crippen molar-refractivity contribution in [1.82, 2.24) is 34.8 Å². The summed E-state index contributed by atoms with van der Waals surface area (Å²) in [4.78, 5) is 80.6. The molecular weight excluding hydrogens is 691 g/mol. The van der Waals surface area contributed by atoms with Gasteiger partial charge in [0.2, 0.25) is 5.88 Å². The van der Waals surface area contributed by atoms with Crippen LogP contribution in [0.15, 0.2) is 63.4 Å². The molecule has 18 nitrogen and oxygen atoms in total. The van der Waals surface area contributed by atoms with Crippen LogP contribution >= 0.6 is 34.9 Å². The minimum atomic E-state index is -1.65. The van der Waals surface area contributed by atoms with Crippen LogP contribution in [0.3, 0.4) is 0 Å². The summed E-state index contributed by atoms with van der Waals surface area (Å²) in [6, 6.07) is 8.49. The van der Waals surface area contributed by atoms with Crippen LogP contribution in [0.1, 0.15) is 32.4 Å². The number of hydrogen-bond acceptors (Lipinski definition) is 16. The second-order valence-corrected chi connectivity index (χ2v) is 12.9. The molecule has 2 aliphatic rings. The van der Waals surface area contributed by atoms with Crippen LogP contribution in [0.5, 0.6) is 0 Å². The third-order valence-corrected chi connectivity index (χ3v) is 9.76. The number of aromatic nitrogens is 5. The summed E-state index contributed by atoms with van der Waals surface area (Å²) >= 11 is 3.44. The molecule has 0 saturated carbocycles. The van der Waals surface area contributed by atoms with Crippen molar-refractivity contribution in [1.29, 1.82) is 0 Å². The number of carbonyl (C=O) groups excluding carboxylic acids is 3. The first-order valence-corrected chi connectivity index (χ1v) is 16.5. The Labute approximate surface area is 281 Å². The van der Waals surface area contributed by atoms with Crippen LogP contribution < -0.4 is 11.1 Å². The van der Waals surface area contributed by atoms with Gasteiger partial charge in [-0.15, -0.1) is 40.0 Å². The summed E-state index contributed by atoms with van der Waals surface area (Å²) in [5.41, 5.74) is 6.50. The van der Waals surface area contributed by atoms with Crippen LogP contribution in [0, 0.1) is 6.92 Å². The van der Waals surface area contributed by atoms with Crippen LogP contribution in [-0.4, -0.2) is 98.2 Å². The van der Waals surface area contributed by atoms with Gasteiger partial charge >= 0.3 is 18.1 Å². The number of aryl methyl sites for hydroxylation is 1. The summed E-state index contributed by atoms with van der Waals surface area (Å²) in [6.45, 7) is 1.69. The van der Waals surface area contributed by atoms with E-state index in [1.165, 1.54) is 45.6 Å². The van der Waals surface area contributed by atoms with Crippen molar-refractivity contribution < 1.29 is 43.8 Å². The van der Waals surface area contributed by atoms with Gasteiger partial charge in [0.25, 0.3) is 23.4 Å². The molecule has 21 heteroatoms. The van der Waals surface area contributed by atoms with E-state index in [0.717, 1.165) is 16.2 Å². The van der Waals surface area contributed by atoms with Gasteiger partial charge in [-0.05, 0) is 25.1 Å². The predicted octanol–water partition coefficient (Wildman–Crippen LogP) is 1.83. The van der Waals surface area contributed by atoms with Gasteiger partial charge in [0.05, 0.1) is 5.56 Å². The van der Waals surface area contributed by atoms with E-state index in [4.69, 9.17) is 15.3 Å². The molecule has 4 aromatic rings. The number of benzene rings is 1. The number of carboxylic acid groups (broad SMARTS) is 2. The molecule has 2 aliphatic heterocycles. The number of nitrogen functional groups attached to an aromatic ring is 1. The smallest absolute Gasteiger partial charge is 0.475 e. The third-order valence-electron chi connectivity index (χ3n) is 6.67. The van der Waals surface area contributed by atoms with Crippen molar-refractivity contribution in [3.8, 4) is 0 Å². The van der Waals surface area contributed by atoms with Gasteiger partial charge in [-0.2, -0.15) is 9.50 Å². The zero-order valence-electron chi connectivity index (χ0n) is 24.3. The molecule has 5 heterocycles. The summed E-state index contributed by atoms with van der Waals surface area (Å²) < 4.78 is 6.31. The lowest BCUT2D eigenvalue weighted by Crippen LogP contribution is -2.70. The first-order valence-electron chi connectivity index (χ1n) is 13.5. The van der Waals surface area contributed by atoms with Crippen molar-refractivity contribution in [3.05, 3.63) is 76.0 Å². The second-order valence-electron chi connectivity index (χ2n) is 9.87. The summed E-state index contributed by atoms with van der Waals surface area (Å²) in [6.07, 6.45) is -1.65. The number of thiazole rings is 1. The Morgan fingerprint density at radius 2 is 1.94 bits per heavy atom. The number of oxime groups is 1. The number of aromatic carboxylic acids is 1. The molecule has 1 aromatic carbocycles. The Morgan fingerprint density at radius 1 is 1.17 bits per heavy atom. The van der Waals surface area contributed by atoms with E-state index >= 15 is 0 Å². The lowest BCUT2D eigenvalue weighted by Gasteiger charge is -2.49. The van der Waals surface area contributed by atoms with Crippen molar-refractivity contribution >= 4 is 81.4 Å². The highest BCUT2D eigenvalue weighted by atomic mass is 32.2. The number of nitrogens with two attached hydrogens (primary N) is 1. The lowest BCUT2D eigenvalue weighted by molar-refractivity contribution is -0.148. The number of thioether (sulfide) groups is 2. The number of carboxylic acids is 1. The predicted molar refractivity (Wildman–Crippen MR) is 169 cm³/mol. The maximum Gasteiger partial charge on any atom is 0.512 e. The zero-order valence-corrected chi connectivity index (χ0v) is 26.7. The number of rotatable bonds is 10. The van der Waals surface area contributed by atoms with Crippen LogP contribution in [0.2, 0.25) is 0 Å². The Kier molecular flexibility index (Phi) is 8.97. The molecule has 5 N–H and O–H groups in total. The van der Waals surface area contributed by atoms with E-state index < -0.39 is 52.9 Å². The average Bonchev–Trinajstić information content (AvgIpc) is 3.69. The Hall–Kier alpha value is -5.54. The minimum absolute atomic E-state index is 0.00760. The molecule has 6 rings (SSSR count). The van der Waals surface area contributed by atoms with Gasteiger partial charge in [0.15, 0.2) is 10.8 Å². The molecular formula is C27H21N9O9S3. The molecule has 0 bridgehead atoms. The lowest BCUT2D eigenvalue weighted by atomic mass is 10.1. The van der Waals surface area contributed by atoms with E-state index in [9.17, 15) is 34.2 Å². The summed E-state index contributed by atoms with van der Waals surface area (Å²) in [5.74, 6) is -3.98. The molecule has 3 aromatic heterocycles. The SMILES string of the molecule is Cc1cc(SCC2=C(OC(=O)O)N3C(=O)[C@@H](NC(=O)/C(=N\OC(=O)c4ccccc4)c4csc(N)n4)[C@H]3SC2)n2nc(C(=O)O)nc2n1. The molecule has 1 fully saturated rings. The monoisotopic (exact) mass is 711 g/mol. The van der Waals surface area contributed by atoms with Gasteiger partial charge in [-0.1, -0.05) is 23.4 Å². The van der Waals surface area contributed by atoms with E-state index in [0.29, 0.717) is 16.3 Å². The topological polar surface area (TPSA) is 254 Å². The molecule has 246 valence electrons. The molecule has 0 spiro atoms. The summed E-state index contributed by atoms with van der Waals surface area (Å²) in [5, 5.41) is 30.3. The normalized spacial score (nSPS) is 17.5. The molecule has 2 amide bonds. The van der Waals surface area contributed by atoms with Crippen LogP contribution in [0.4, 0.5) is 9.93 Å². The highest BCUT2D eigenvalue weighted by Crippen LogP contribution is 2.42. The van der Waals surface area contributed by atoms with E-state index in [2.05, 4.69) is 30.5 Å². The van der Waals surface area contributed by atoms with Gasteiger partial charge in [-0.25, -0.2) is 24.4 Å². The average molecular weight is 712 g/mol. The molecule has 48 heavy (non-hydrogen) atoms.